The molecule has 0 bridgehead atoms. The third-order valence-electron chi connectivity index (χ3n) is 5.25. The standard InChI is InChI=1S/C27H22F3N3O3/c1-17-5-3-8-24(18(17)2)33-25(34)16-36-23-11-9-19(10-12-23)13-20(15-31)26(35)32-22-7-4-6-21(14-22)27(28,29)30/h3-14H,16H2,1-2H3,(H,32,35)(H,33,34)/b20-13+. The van der Waals surface area contributed by atoms with E-state index in [1.165, 1.54) is 12.1 Å². The van der Waals surface area contributed by atoms with Crippen LogP contribution < -0.4 is 15.4 Å². The van der Waals surface area contributed by atoms with Gasteiger partial charge in [0.15, 0.2) is 6.61 Å². The highest BCUT2D eigenvalue weighted by Crippen LogP contribution is 2.30. The van der Waals surface area contributed by atoms with Crippen LogP contribution in [-0.4, -0.2) is 18.4 Å². The number of amides is 2. The summed E-state index contributed by atoms with van der Waals surface area (Å²) in [5.41, 5.74) is 1.91. The van der Waals surface area contributed by atoms with E-state index in [4.69, 9.17) is 4.74 Å². The number of carbonyl (C=O) groups excluding carboxylic acids is 2. The largest absolute Gasteiger partial charge is 0.484 e. The van der Waals surface area contributed by atoms with Crippen LogP contribution in [0.1, 0.15) is 22.3 Å². The van der Waals surface area contributed by atoms with Gasteiger partial charge in [-0.25, -0.2) is 0 Å². The van der Waals surface area contributed by atoms with Gasteiger partial charge in [0.1, 0.15) is 17.4 Å². The zero-order valence-corrected chi connectivity index (χ0v) is 19.4. The van der Waals surface area contributed by atoms with Crippen molar-refractivity contribution in [3.63, 3.8) is 0 Å². The molecule has 0 atom stereocenters. The number of anilines is 2. The number of carbonyl (C=O) groups is 2. The summed E-state index contributed by atoms with van der Waals surface area (Å²) in [6.07, 6.45) is -3.27. The normalized spacial score (nSPS) is 11.4. The number of nitriles is 1. The van der Waals surface area contributed by atoms with E-state index in [2.05, 4.69) is 10.6 Å². The SMILES string of the molecule is Cc1cccc(NC(=O)COc2ccc(/C=C(\C#N)C(=O)Nc3cccc(C(F)(F)F)c3)cc2)c1C. The van der Waals surface area contributed by atoms with E-state index in [9.17, 15) is 28.0 Å². The molecule has 0 fully saturated rings. The molecule has 36 heavy (non-hydrogen) atoms. The van der Waals surface area contributed by atoms with Crippen molar-refractivity contribution < 1.29 is 27.5 Å². The summed E-state index contributed by atoms with van der Waals surface area (Å²) in [6.45, 7) is 3.64. The summed E-state index contributed by atoms with van der Waals surface area (Å²) in [4.78, 5) is 24.6. The summed E-state index contributed by atoms with van der Waals surface area (Å²) >= 11 is 0. The number of nitrogens with one attached hydrogen (secondary N) is 2. The highest BCUT2D eigenvalue weighted by Gasteiger charge is 2.30. The minimum atomic E-state index is -4.56. The van der Waals surface area contributed by atoms with Gasteiger partial charge >= 0.3 is 6.18 Å². The van der Waals surface area contributed by atoms with E-state index in [0.717, 1.165) is 29.3 Å². The fourth-order valence-electron chi connectivity index (χ4n) is 3.17. The predicted molar refractivity (Wildman–Crippen MR) is 130 cm³/mol. The Morgan fingerprint density at radius 2 is 1.69 bits per heavy atom. The Balaban J connectivity index is 1.60. The van der Waals surface area contributed by atoms with Crippen LogP contribution >= 0.6 is 0 Å². The van der Waals surface area contributed by atoms with Gasteiger partial charge in [-0.15, -0.1) is 0 Å². The Kier molecular flexibility index (Phi) is 8.12. The van der Waals surface area contributed by atoms with Crippen LogP contribution in [0.5, 0.6) is 5.75 Å². The van der Waals surface area contributed by atoms with Crippen molar-refractivity contribution in [1.29, 1.82) is 5.26 Å². The number of rotatable bonds is 7. The van der Waals surface area contributed by atoms with Crippen LogP contribution in [-0.2, 0) is 15.8 Å². The maximum Gasteiger partial charge on any atom is 0.416 e. The number of alkyl halides is 3. The highest BCUT2D eigenvalue weighted by molar-refractivity contribution is 6.09. The second-order valence-electron chi connectivity index (χ2n) is 7.86. The topological polar surface area (TPSA) is 91.2 Å². The van der Waals surface area contributed by atoms with Crippen molar-refractivity contribution in [2.45, 2.75) is 20.0 Å². The summed E-state index contributed by atoms with van der Waals surface area (Å²) in [6, 6.07) is 17.8. The lowest BCUT2D eigenvalue weighted by molar-refractivity contribution is -0.137. The molecular weight excluding hydrogens is 471 g/mol. The number of aryl methyl sites for hydroxylation is 1. The van der Waals surface area contributed by atoms with Gasteiger partial charge in [0.05, 0.1) is 5.56 Å². The number of halogens is 3. The van der Waals surface area contributed by atoms with Crippen LogP contribution in [0.15, 0.2) is 72.3 Å². The van der Waals surface area contributed by atoms with Crippen molar-refractivity contribution in [2.24, 2.45) is 0 Å². The quantitative estimate of drug-likeness (QED) is 0.317. The second kappa shape index (κ2) is 11.2. The number of hydrogen-bond donors (Lipinski definition) is 2. The van der Waals surface area contributed by atoms with Gasteiger partial charge in [0, 0.05) is 11.4 Å². The molecule has 0 radical (unpaired) electrons. The molecule has 3 aromatic carbocycles. The molecule has 3 aromatic rings. The first-order valence-electron chi connectivity index (χ1n) is 10.8. The lowest BCUT2D eigenvalue weighted by Gasteiger charge is -2.11. The lowest BCUT2D eigenvalue weighted by atomic mass is 10.1. The molecule has 2 N–H and O–H groups in total. The van der Waals surface area contributed by atoms with E-state index in [1.54, 1.807) is 36.4 Å². The molecule has 0 aliphatic carbocycles. The average molecular weight is 493 g/mol. The Bertz CT molecular complexity index is 1340. The summed E-state index contributed by atoms with van der Waals surface area (Å²) in [7, 11) is 0. The zero-order chi connectivity index (χ0) is 26.3. The Hall–Kier alpha value is -4.58. The molecule has 0 aromatic heterocycles. The van der Waals surface area contributed by atoms with Gasteiger partial charge in [-0.1, -0.05) is 30.3 Å². The molecule has 3 rings (SSSR count). The van der Waals surface area contributed by atoms with Crippen molar-refractivity contribution in [3.8, 4) is 11.8 Å². The molecule has 0 spiro atoms. The first kappa shape index (κ1) is 26.0. The molecule has 0 aliphatic rings. The smallest absolute Gasteiger partial charge is 0.416 e. The van der Waals surface area contributed by atoms with E-state index >= 15 is 0 Å². The molecule has 0 unspecified atom stereocenters. The van der Waals surface area contributed by atoms with Gasteiger partial charge in [-0.3, -0.25) is 9.59 Å². The Morgan fingerprint density at radius 1 is 1.00 bits per heavy atom. The van der Waals surface area contributed by atoms with Crippen LogP contribution in [0.3, 0.4) is 0 Å². The minimum Gasteiger partial charge on any atom is -0.484 e. The predicted octanol–water partition coefficient (Wildman–Crippen LogP) is 5.89. The van der Waals surface area contributed by atoms with Crippen molar-refractivity contribution in [1.82, 2.24) is 0 Å². The van der Waals surface area contributed by atoms with Crippen LogP contribution in [0.25, 0.3) is 6.08 Å². The summed E-state index contributed by atoms with van der Waals surface area (Å²) in [5, 5.41) is 14.4. The van der Waals surface area contributed by atoms with Gasteiger partial charge in [0.25, 0.3) is 11.8 Å². The van der Waals surface area contributed by atoms with Crippen LogP contribution in [0.4, 0.5) is 24.5 Å². The van der Waals surface area contributed by atoms with Crippen molar-refractivity contribution in [2.75, 3.05) is 17.2 Å². The first-order chi connectivity index (χ1) is 17.1. The number of hydrogen-bond acceptors (Lipinski definition) is 4. The van der Waals surface area contributed by atoms with E-state index < -0.39 is 17.6 Å². The van der Waals surface area contributed by atoms with Crippen molar-refractivity contribution in [3.05, 3.63) is 94.6 Å². The zero-order valence-electron chi connectivity index (χ0n) is 19.4. The van der Waals surface area contributed by atoms with Gasteiger partial charge in [0.2, 0.25) is 0 Å². The Morgan fingerprint density at radius 3 is 2.36 bits per heavy atom. The number of benzene rings is 3. The van der Waals surface area contributed by atoms with Gasteiger partial charge in [-0.2, -0.15) is 18.4 Å². The van der Waals surface area contributed by atoms with Gasteiger partial charge in [-0.05, 0) is 73.0 Å². The summed E-state index contributed by atoms with van der Waals surface area (Å²) in [5.74, 6) is -0.777. The molecule has 184 valence electrons. The second-order valence-corrected chi connectivity index (χ2v) is 7.86. The van der Waals surface area contributed by atoms with E-state index in [-0.39, 0.29) is 23.8 Å². The summed E-state index contributed by atoms with van der Waals surface area (Å²) < 4.78 is 44.1. The Labute approximate surface area is 206 Å². The molecule has 0 saturated carbocycles. The number of ether oxygens (including phenoxy) is 1. The monoisotopic (exact) mass is 493 g/mol. The van der Waals surface area contributed by atoms with Crippen molar-refractivity contribution >= 4 is 29.3 Å². The lowest BCUT2D eigenvalue weighted by Crippen LogP contribution is -2.20. The average Bonchev–Trinajstić information content (AvgIpc) is 2.84. The fourth-order valence-corrected chi connectivity index (χ4v) is 3.17. The van der Waals surface area contributed by atoms with Crippen LogP contribution in [0, 0.1) is 25.2 Å². The highest BCUT2D eigenvalue weighted by atomic mass is 19.4. The molecule has 9 heteroatoms. The molecule has 2 amide bonds. The fraction of sp³-hybridized carbons (Fsp3) is 0.148. The van der Waals surface area contributed by atoms with E-state index in [1.807, 2.05) is 26.0 Å². The van der Waals surface area contributed by atoms with E-state index in [0.29, 0.717) is 17.0 Å². The molecule has 0 aliphatic heterocycles. The maximum absolute atomic E-state index is 12.9. The maximum atomic E-state index is 12.9. The first-order valence-corrected chi connectivity index (χ1v) is 10.8. The third kappa shape index (κ3) is 6.96. The number of nitrogens with zero attached hydrogens (tertiary/aromatic N) is 1. The third-order valence-corrected chi connectivity index (χ3v) is 5.25. The molecule has 0 saturated heterocycles. The molecule has 6 nitrogen and oxygen atoms in total. The molecular formula is C27H22F3N3O3. The van der Waals surface area contributed by atoms with Gasteiger partial charge < -0.3 is 15.4 Å². The minimum absolute atomic E-state index is 0.0844. The molecule has 0 heterocycles. The van der Waals surface area contributed by atoms with Crippen LogP contribution in [0.2, 0.25) is 0 Å².